The number of rotatable bonds is 3. The lowest BCUT2D eigenvalue weighted by atomic mass is 9.78. The van der Waals surface area contributed by atoms with Crippen molar-refractivity contribution in [3.05, 3.63) is 64.1 Å². The topological polar surface area (TPSA) is 61.4 Å². The van der Waals surface area contributed by atoms with Gasteiger partial charge < -0.3 is 10.6 Å². The van der Waals surface area contributed by atoms with Crippen molar-refractivity contribution in [3.63, 3.8) is 0 Å². The maximum Gasteiger partial charge on any atom is 0.250 e. The number of fused-ring (bicyclic) bond motifs is 4. The molecular formula is C22H22BrN3O2. The lowest BCUT2D eigenvalue weighted by Crippen LogP contribution is -2.54. The summed E-state index contributed by atoms with van der Waals surface area (Å²) in [6.45, 7) is 1.32. The maximum absolute atomic E-state index is 13.3. The van der Waals surface area contributed by atoms with Crippen LogP contribution in [0.5, 0.6) is 0 Å². The predicted molar refractivity (Wildman–Crippen MR) is 111 cm³/mol. The Labute approximate surface area is 172 Å². The monoisotopic (exact) mass is 439 g/mol. The van der Waals surface area contributed by atoms with Crippen LogP contribution >= 0.6 is 15.9 Å². The van der Waals surface area contributed by atoms with Gasteiger partial charge in [-0.15, -0.1) is 0 Å². The van der Waals surface area contributed by atoms with Gasteiger partial charge in [0, 0.05) is 28.3 Å². The molecule has 5 nitrogen and oxygen atoms in total. The highest BCUT2D eigenvalue weighted by Crippen LogP contribution is 2.55. The molecule has 6 heteroatoms. The summed E-state index contributed by atoms with van der Waals surface area (Å²) in [5, 5.41) is 6.14. The minimum absolute atomic E-state index is 0.0405. The highest BCUT2D eigenvalue weighted by atomic mass is 79.9. The summed E-state index contributed by atoms with van der Waals surface area (Å²) in [5.41, 5.74) is 1.95. The number of anilines is 1. The number of carbonyl (C=O) groups is 2. The standard InChI is InChI=1S/C22H22BrN3O2/c23-15-6-3-5-14(11-15)13-24-20(27)18-12-16-7-4-10-26(16)22(18)17-8-1-2-9-19(17)25-21(22)28/h1-3,5-6,8-9,11,16,18H,4,7,10,12-13H2,(H,24,27)(H,25,28). The summed E-state index contributed by atoms with van der Waals surface area (Å²) < 4.78 is 0.987. The third kappa shape index (κ3) is 2.54. The third-order valence-corrected chi connectivity index (χ3v) is 6.94. The number of carbonyl (C=O) groups excluding carboxylic acids is 2. The van der Waals surface area contributed by atoms with Gasteiger partial charge in [0.1, 0.15) is 5.54 Å². The average molecular weight is 440 g/mol. The summed E-state index contributed by atoms with van der Waals surface area (Å²) in [5.74, 6) is -0.476. The van der Waals surface area contributed by atoms with Gasteiger partial charge in [-0.3, -0.25) is 14.5 Å². The zero-order chi connectivity index (χ0) is 19.3. The Morgan fingerprint density at radius 3 is 2.96 bits per heavy atom. The summed E-state index contributed by atoms with van der Waals surface area (Å²) in [6.07, 6.45) is 2.85. The van der Waals surface area contributed by atoms with Gasteiger partial charge >= 0.3 is 0 Å². The van der Waals surface area contributed by atoms with Gasteiger partial charge in [-0.25, -0.2) is 0 Å². The van der Waals surface area contributed by atoms with Gasteiger partial charge in [-0.2, -0.15) is 0 Å². The van der Waals surface area contributed by atoms with Gasteiger partial charge in [-0.05, 0) is 49.6 Å². The first-order valence-corrected chi connectivity index (χ1v) is 10.6. The second kappa shape index (κ2) is 6.71. The first kappa shape index (κ1) is 17.9. The molecule has 28 heavy (non-hydrogen) atoms. The highest BCUT2D eigenvalue weighted by molar-refractivity contribution is 9.10. The van der Waals surface area contributed by atoms with E-state index in [1.165, 1.54) is 0 Å². The predicted octanol–water partition coefficient (Wildman–Crippen LogP) is 3.40. The van der Waals surface area contributed by atoms with Crippen LogP contribution in [-0.4, -0.2) is 29.3 Å². The fraction of sp³-hybridized carbons (Fsp3) is 0.364. The first-order chi connectivity index (χ1) is 13.6. The minimum atomic E-state index is -0.876. The van der Waals surface area contributed by atoms with Gasteiger partial charge in [0.15, 0.2) is 0 Å². The molecule has 1 spiro atoms. The normalized spacial score (nSPS) is 28.2. The summed E-state index contributed by atoms with van der Waals surface area (Å²) in [6, 6.07) is 16.0. The van der Waals surface area contributed by atoms with Crippen molar-refractivity contribution in [2.45, 2.75) is 37.4 Å². The number of nitrogens with zero attached hydrogens (tertiary/aromatic N) is 1. The number of hydrogen-bond donors (Lipinski definition) is 2. The number of amides is 2. The van der Waals surface area contributed by atoms with Crippen molar-refractivity contribution in [3.8, 4) is 0 Å². The fourth-order valence-corrected chi connectivity index (χ4v) is 5.79. The summed E-state index contributed by atoms with van der Waals surface area (Å²) >= 11 is 3.47. The minimum Gasteiger partial charge on any atom is -0.352 e. The van der Waals surface area contributed by atoms with Gasteiger partial charge in [0.25, 0.3) is 0 Å². The van der Waals surface area contributed by atoms with E-state index < -0.39 is 5.54 Å². The molecule has 5 rings (SSSR count). The molecule has 3 unspecified atom stereocenters. The zero-order valence-corrected chi connectivity index (χ0v) is 17.0. The van der Waals surface area contributed by atoms with E-state index in [4.69, 9.17) is 0 Å². The van der Waals surface area contributed by atoms with Crippen LogP contribution in [0, 0.1) is 5.92 Å². The Hall–Kier alpha value is -2.18. The van der Waals surface area contributed by atoms with E-state index in [0.717, 1.165) is 47.1 Å². The molecule has 2 amide bonds. The number of benzene rings is 2. The first-order valence-electron chi connectivity index (χ1n) is 9.80. The quantitative estimate of drug-likeness (QED) is 0.770. The van der Waals surface area contributed by atoms with Gasteiger partial charge in [-0.1, -0.05) is 46.3 Å². The Balaban J connectivity index is 1.48. The van der Waals surface area contributed by atoms with E-state index in [1.54, 1.807) is 0 Å². The molecule has 2 aromatic carbocycles. The molecule has 2 saturated heterocycles. The van der Waals surface area contributed by atoms with Crippen LogP contribution in [0.3, 0.4) is 0 Å². The lowest BCUT2D eigenvalue weighted by molar-refractivity contribution is -0.137. The molecule has 0 aliphatic carbocycles. The van der Waals surface area contributed by atoms with Crippen LogP contribution in [0.1, 0.15) is 30.4 Å². The molecule has 0 bridgehead atoms. The van der Waals surface area contributed by atoms with Crippen molar-refractivity contribution in [2.75, 3.05) is 11.9 Å². The van der Waals surface area contributed by atoms with E-state index in [1.807, 2.05) is 48.5 Å². The number of para-hydroxylation sites is 1. The third-order valence-electron chi connectivity index (χ3n) is 6.45. The Morgan fingerprint density at radius 2 is 2.11 bits per heavy atom. The molecule has 2 N–H and O–H groups in total. The molecule has 3 aliphatic heterocycles. The zero-order valence-electron chi connectivity index (χ0n) is 15.5. The molecule has 3 aliphatic rings. The van der Waals surface area contributed by atoms with E-state index in [2.05, 4.69) is 31.5 Å². The molecule has 0 radical (unpaired) electrons. The Bertz CT molecular complexity index is 962. The fourth-order valence-electron chi connectivity index (χ4n) is 5.34. The van der Waals surface area contributed by atoms with Crippen LogP contribution in [0.4, 0.5) is 5.69 Å². The summed E-state index contributed by atoms with van der Waals surface area (Å²) in [4.78, 5) is 28.9. The maximum atomic E-state index is 13.3. The highest BCUT2D eigenvalue weighted by Gasteiger charge is 2.65. The molecular weight excluding hydrogens is 418 g/mol. The van der Waals surface area contributed by atoms with Crippen molar-refractivity contribution in [2.24, 2.45) is 5.92 Å². The second-order valence-electron chi connectivity index (χ2n) is 7.89. The van der Waals surface area contributed by atoms with Crippen molar-refractivity contribution >= 4 is 33.4 Å². The van der Waals surface area contributed by atoms with Crippen molar-refractivity contribution in [1.82, 2.24) is 10.2 Å². The van der Waals surface area contributed by atoms with Crippen molar-refractivity contribution in [1.29, 1.82) is 0 Å². The molecule has 3 atom stereocenters. The number of hydrogen-bond acceptors (Lipinski definition) is 3. The Kier molecular flexibility index (Phi) is 4.29. The molecule has 2 aromatic rings. The van der Waals surface area contributed by atoms with E-state index in [9.17, 15) is 9.59 Å². The van der Waals surface area contributed by atoms with Crippen LogP contribution < -0.4 is 10.6 Å². The smallest absolute Gasteiger partial charge is 0.250 e. The van der Waals surface area contributed by atoms with E-state index in [0.29, 0.717) is 12.6 Å². The van der Waals surface area contributed by atoms with Crippen LogP contribution in [0.2, 0.25) is 0 Å². The lowest BCUT2D eigenvalue weighted by Gasteiger charge is -2.36. The largest absolute Gasteiger partial charge is 0.352 e. The molecule has 2 fully saturated rings. The van der Waals surface area contributed by atoms with E-state index in [-0.39, 0.29) is 17.7 Å². The number of nitrogens with one attached hydrogen (secondary N) is 2. The molecule has 0 aromatic heterocycles. The van der Waals surface area contributed by atoms with Crippen molar-refractivity contribution < 1.29 is 9.59 Å². The molecule has 3 heterocycles. The van der Waals surface area contributed by atoms with Gasteiger partial charge in [0.2, 0.25) is 11.8 Å². The molecule has 144 valence electrons. The van der Waals surface area contributed by atoms with Gasteiger partial charge in [0.05, 0.1) is 5.92 Å². The number of halogens is 1. The van der Waals surface area contributed by atoms with Crippen LogP contribution in [-0.2, 0) is 21.7 Å². The second-order valence-corrected chi connectivity index (χ2v) is 8.81. The average Bonchev–Trinajstić information content (AvgIpc) is 3.34. The van der Waals surface area contributed by atoms with Crippen LogP contribution in [0.25, 0.3) is 0 Å². The van der Waals surface area contributed by atoms with Crippen LogP contribution in [0.15, 0.2) is 53.0 Å². The summed E-state index contributed by atoms with van der Waals surface area (Å²) in [7, 11) is 0. The van der Waals surface area contributed by atoms with E-state index >= 15 is 0 Å². The Morgan fingerprint density at radius 1 is 1.25 bits per heavy atom. The molecule has 0 saturated carbocycles. The SMILES string of the molecule is O=C(NCc1cccc(Br)c1)C1CC2CCCN2C12C(=O)Nc1ccccc12.